The molecule has 1 aliphatic heterocycles. The number of rotatable bonds is 8. The molecule has 1 atom stereocenters. The first kappa shape index (κ1) is 24.4. The Morgan fingerprint density at radius 1 is 1.31 bits per heavy atom. The molecule has 1 fully saturated rings. The van der Waals surface area contributed by atoms with Crippen molar-refractivity contribution in [1.82, 2.24) is 10.2 Å². The Morgan fingerprint density at radius 3 is 2.72 bits per heavy atom. The minimum absolute atomic E-state index is 0.0270. The van der Waals surface area contributed by atoms with E-state index in [1.165, 1.54) is 30.7 Å². The Hall–Kier alpha value is -0.890. The number of hydrogen-bond acceptors (Lipinski definition) is 4. The highest BCUT2D eigenvalue weighted by Crippen LogP contribution is 2.26. The molecule has 29 heavy (non-hydrogen) atoms. The fourth-order valence-corrected chi connectivity index (χ4v) is 5.14. The van der Waals surface area contributed by atoms with Crippen LogP contribution in [0, 0.1) is 0 Å². The van der Waals surface area contributed by atoms with Crippen molar-refractivity contribution in [3.8, 4) is 5.75 Å². The van der Waals surface area contributed by atoms with Crippen molar-refractivity contribution in [2.45, 2.75) is 46.1 Å². The van der Waals surface area contributed by atoms with E-state index in [-0.39, 0.29) is 5.91 Å². The summed E-state index contributed by atoms with van der Waals surface area (Å²) < 4.78 is 7.85. The highest BCUT2D eigenvalue weighted by Gasteiger charge is 2.19. The van der Waals surface area contributed by atoms with Gasteiger partial charge in [0.25, 0.3) is 5.91 Å². The van der Waals surface area contributed by atoms with Gasteiger partial charge in [-0.2, -0.15) is 0 Å². The quantitative estimate of drug-likeness (QED) is 0.433. The van der Waals surface area contributed by atoms with Gasteiger partial charge < -0.3 is 10.1 Å². The largest absolute Gasteiger partial charge is 0.491 e. The molecular weight excluding hydrogens is 516 g/mol. The van der Waals surface area contributed by atoms with Gasteiger partial charge >= 0.3 is 0 Å². The van der Waals surface area contributed by atoms with E-state index in [0.717, 1.165) is 38.1 Å². The number of nitrogens with zero attached hydrogens (tertiary/aromatic N) is 1. The standard InChI is InChI=1S/C20H24Br2N2O2S.C2H6/c1-14-3-2-8-24(14)9-10-26-18-5-4-15(11-17(18)22)6-7-23-20(25)19-12-16(21)13-27-19;1-2/h4-5,11-14H,2-3,6-10H2,1H3,(H,23,25);1-2H3. The molecule has 1 saturated heterocycles. The van der Waals surface area contributed by atoms with Crippen molar-refractivity contribution in [2.24, 2.45) is 0 Å². The molecule has 0 bridgehead atoms. The molecule has 3 rings (SSSR count). The first-order valence-corrected chi connectivity index (χ1v) is 12.7. The van der Waals surface area contributed by atoms with E-state index >= 15 is 0 Å². The van der Waals surface area contributed by atoms with E-state index in [2.05, 4.69) is 61.1 Å². The van der Waals surface area contributed by atoms with Gasteiger partial charge in [0, 0.05) is 29.0 Å². The predicted molar refractivity (Wildman–Crippen MR) is 129 cm³/mol. The lowest BCUT2D eigenvalue weighted by molar-refractivity contribution is 0.0958. The van der Waals surface area contributed by atoms with Crippen molar-refractivity contribution in [3.05, 3.63) is 49.0 Å². The van der Waals surface area contributed by atoms with Gasteiger partial charge in [-0.05, 0) is 88.4 Å². The average Bonchev–Trinajstić information content (AvgIpc) is 3.33. The summed E-state index contributed by atoms with van der Waals surface area (Å²) >= 11 is 8.41. The third-order valence-corrected chi connectivity index (χ3v) is 7.12. The fraction of sp³-hybridized carbons (Fsp3) is 0.500. The highest BCUT2D eigenvalue weighted by molar-refractivity contribution is 9.10. The summed E-state index contributed by atoms with van der Waals surface area (Å²) in [5.74, 6) is 0.846. The second kappa shape index (κ2) is 12.7. The molecule has 1 aromatic heterocycles. The van der Waals surface area contributed by atoms with Gasteiger partial charge in [-0.15, -0.1) is 11.3 Å². The SMILES string of the molecule is CC.CC1CCCN1CCOc1ccc(CCNC(=O)c2cc(Br)cs2)cc1Br. The van der Waals surface area contributed by atoms with E-state index in [4.69, 9.17) is 4.74 Å². The monoisotopic (exact) mass is 544 g/mol. The number of benzene rings is 1. The summed E-state index contributed by atoms with van der Waals surface area (Å²) in [4.78, 5) is 15.3. The number of carbonyl (C=O) groups excluding carboxylic acids is 1. The van der Waals surface area contributed by atoms with Gasteiger partial charge in [-0.3, -0.25) is 9.69 Å². The van der Waals surface area contributed by atoms with Crippen molar-refractivity contribution in [3.63, 3.8) is 0 Å². The van der Waals surface area contributed by atoms with Crippen molar-refractivity contribution >= 4 is 49.1 Å². The minimum atomic E-state index is -0.0270. The molecule has 0 spiro atoms. The van der Waals surface area contributed by atoms with Crippen LogP contribution in [0.2, 0.25) is 0 Å². The third-order valence-electron chi connectivity index (χ3n) is 4.81. The van der Waals surface area contributed by atoms with Gasteiger partial charge in [-0.1, -0.05) is 19.9 Å². The molecule has 0 aliphatic carbocycles. The Labute approximate surface area is 195 Å². The predicted octanol–water partition coefficient (Wildman–Crippen LogP) is 6.13. The Morgan fingerprint density at radius 2 is 2.10 bits per heavy atom. The van der Waals surface area contributed by atoms with Gasteiger partial charge in [-0.25, -0.2) is 0 Å². The molecule has 4 nitrogen and oxygen atoms in total. The molecule has 1 N–H and O–H groups in total. The smallest absolute Gasteiger partial charge is 0.261 e. The first-order chi connectivity index (χ1) is 14.0. The van der Waals surface area contributed by atoms with E-state index in [1.807, 2.05) is 31.4 Å². The molecule has 1 aromatic carbocycles. The summed E-state index contributed by atoms with van der Waals surface area (Å²) in [5.41, 5.74) is 1.16. The van der Waals surface area contributed by atoms with E-state index in [1.54, 1.807) is 0 Å². The second-order valence-corrected chi connectivity index (χ2v) is 9.46. The Bertz CT molecular complexity index is 782. The minimum Gasteiger partial charge on any atom is -0.491 e. The summed E-state index contributed by atoms with van der Waals surface area (Å²) in [6.45, 7) is 9.75. The van der Waals surface area contributed by atoms with Crippen LogP contribution in [0.15, 0.2) is 38.6 Å². The third kappa shape index (κ3) is 7.70. The molecule has 0 radical (unpaired) electrons. The normalized spacial score (nSPS) is 16.2. The molecule has 1 unspecified atom stereocenters. The van der Waals surface area contributed by atoms with E-state index < -0.39 is 0 Å². The van der Waals surface area contributed by atoms with Gasteiger partial charge in [0.05, 0.1) is 9.35 Å². The van der Waals surface area contributed by atoms with Gasteiger partial charge in [0.2, 0.25) is 0 Å². The number of hydrogen-bond donors (Lipinski definition) is 1. The van der Waals surface area contributed by atoms with Crippen LogP contribution in [0.5, 0.6) is 5.75 Å². The van der Waals surface area contributed by atoms with Crippen LogP contribution in [-0.2, 0) is 6.42 Å². The molecule has 1 amide bonds. The van der Waals surface area contributed by atoms with Crippen LogP contribution < -0.4 is 10.1 Å². The molecule has 0 saturated carbocycles. The topological polar surface area (TPSA) is 41.6 Å². The maximum atomic E-state index is 12.1. The van der Waals surface area contributed by atoms with Crippen LogP contribution in [-0.4, -0.2) is 43.1 Å². The molecular formula is C22H30Br2N2O2S. The summed E-state index contributed by atoms with van der Waals surface area (Å²) in [7, 11) is 0. The number of likely N-dealkylation sites (tertiary alicyclic amines) is 1. The van der Waals surface area contributed by atoms with Gasteiger partial charge in [0.15, 0.2) is 0 Å². The summed E-state index contributed by atoms with van der Waals surface area (Å²) in [6, 6.07) is 8.65. The number of thiophene rings is 1. The maximum absolute atomic E-state index is 12.1. The average molecular weight is 546 g/mol. The number of halogens is 2. The first-order valence-electron chi connectivity index (χ1n) is 10.2. The van der Waals surface area contributed by atoms with Gasteiger partial charge in [0.1, 0.15) is 12.4 Å². The highest BCUT2D eigenvalue weighted by atomic mass is 79.9. The number of carbonyl (C=O) groups is 1. The number of amides is 1. The number of ether oxygens (including phenoxy) is 1. The molecule has 1 aliphatic rings. The fourth-order valence-electron chi connectivity index (χ4n) is 3.25. The van der Waals surface area contributed by atoms with Crippen LogP contribution >= 0.6 is 43.2 Å². The molecule has 7 heteroatoms. The van der Waals surface area contributed by atoms with Crippen LogP contribution in [0.1, 0.15) is 48.8 Å². The Kier molecular flexibility index (Phi) is 10.7. The van der Waals surface area contributed by atoms with Crippen LogP contribution in [0.25, 0.3) is 0 Å². The zero-order valence-corrected chi connectivity index (χ0v) is 21.3. The van der Waals surface area contributed by atoms with E-state index in [9.17, 15) is 4.79 Å². The van der Waals surface area contributed by atoms with E-state index in [0.29, 0.717) is 19.2 Å². The summed E-state index contributed by atoms with van der Waals surface area (Å²) in [6.07, 6.45) is 3.36. The molecule has 2 heterocycles. The molecule has 160 valence electrons. The molecule has 2 aromatic rings. The van der Waals surface area contributed by atoms with Crippen molar-refractivity contribution in [1.29, 1.82) is 0 Å². The lowest BCUT2D eigenvalue weighted by atomic mass is 10.1. The zero-order valence-electron chi connectivity index (χ0n) is 17.3. The lowest BCUT2D eigenvalue weighted by Gasteiger charge is -2.21. The van der Waals surface area contributed by atoms with Crippen molar-refractivity contribution < 1.29 is 9.53 Å². The zero-order chi connectivity index (χ0) is 21.2. The Balaban J connectivity index is 0.00000145. The summed E-state index contributed by atoms with van der Waals surface area (Å²) in [5, 5.41) is 4.87. The lowest BCUT2D eigenvalue weighted by Crippen LogP contribution is -2.31. The van der Waals surface area contributed by atoms with Crippen LogP contribution in [0.3, 0.4) is 0 Å². The number of nitrogens with one attached hydrogen (secondary N) is 1. The maximum Gasteiger partial charge on any atom is 0.261 e. The van der Waals surface area contributed by atoms with Crippen LogP contribution in [0.4, 0.5) is 0 Å². The second-order valence-electron chi connectivity index (χ2n) is 6.78. The van der Waals surface area contributed by atoms with Crippen molar-refractivity contribution in [2.75, 3.05) is 26.2 Å².